The normalized spacial score (nSPS) is 10.2. The lowest BCUT2D eigenvalue weighted by Crippen LogP contribution is -2.05. The Hall–Kier alpha value is -3.46. The maximum Gasteiger partial charge on any atom is 0.338 e. The van der Waals surface area contributed by atoms with E-state index < -0.39 is 5.97 Å². The molecule has 6 heteroatoms. The van der Waals surface area contributed by atoms with Gasteiger partial charge in [0.05, 0.1) is 17.2 Å². The van der Waals surface area contributed by atoms with Crippen LogP contribution in [0.25, 0.3) is 11.4 Å². The summed E-state index contributed by atoms with van der Waals surface area (Å²) in [6.45, 7) is 1.84. The molecule has 0 saturated heterocycles. The van der Waals surface area contributed by atoms with Gasteiger partial charge in [-0.1, -0.05) is 29.4 Å². The van der Waals surface area contributed by atoms with Crippen molar-refractivity contribution in [2.24, 2.45) is 0 Å². The number of hydrogen-bond donors (Lipinski definition) is 0. The number of nitriles is 1. The van der Waals surface area contributed by atoms with Gasteiger partial charge in [0.1, 0.15) is 0 Å². The standard InChI is InChI=1S/C18H13N3O3/c1-12-4-2-3-5-15(12)17-20-16(24-21-17)11-23-18(22)14-8-6-13(10-19)7-9-14/h2-9H,11H2,1H3. The van der Waals surface area contributed by atoms with Crippen molar-refractivity contribution >= 4 is 5.97 Å². The van der Waals surface area contributed by atoms with Crippen molar-refractivity contribution < 1.29 is 14.1 Å². The highest BCUT2D eigenvalue weighted by atomic mass is 16.6. The predicted octanol–water partition coefficient (Wildman–Crippen LogP) is 3.27. The van der Waals surface area contributed by atoms with E-state index >= 15 is 0 Å². The van der Waals surface area contributed by atoms with E-state index in [1.807, 2.05) is 37.3 Å². The minimum absolute atomic E-state index is 0.113. The highest BCUT2D eigenvalue weighted by molar-refractivity contribution is 5.89. The fourth-order valence-electron chi connectivity index (χ4n) is 2.14. The first-order valence-corrected chi connectivity index (χ1v) is 7.23. The van der Waals surface area contributed by atoms with Gasteiger partial charge >= 0.3 is 5.97 Å². The van der Waals surface area contributed by atoms with Crippen molar-refractivity contribution in [3.63, 3.8) is 0 Å². The van der Waals surface area contributed by atoms with Crippen LogP contribution in [0.2, 0.25) is 0 Å². The van der Waals surface area contributed by atoms with Crippen LogP contribution in [0.1, 0.15) is 27.4 Å². The molecule has 0 fully saturated rings. The van der Waals surface area contributed by atoms with Gasteiger partial charge < -0.3 is 9.26 Å². The Morgan fingerprint density at radius 1 is 1.21 bits per heavy atom. The van der Waals surface area contributed by atoms with Crippen molar-refractivity contribution in [1.82, 2.24) is 10.1 Å². The van der Waals surface area contributed by atoms with E-state index in [4.69, 9.17) is 14.5 Å². The second kappa shape index (κ2) is 6.75. The second-order valence-electron chi connectivity index (χ2n) is 5.09. The van der Waals surface area contributed by atoms with E-state index in [2.05, 4.69) is 10.1 Å². The summed E-state index contributed by atoms with van der Waals surface area (Å²) in [5, 5.41) is 12.6. The summed E-state index contributed by atoms with van der Waals surface area (Å²) in [5.41, 5.74) is 2.73. The molecule has 3 aromatic rings. The Morgan fingerprint density at radius 2 is 1.96 bits per heavy atom. The molecule has 118 valence electrons. The molecule has 0 spiro atoms. The third-order valence-electron chi connectivity index (χ3n) is 3.43. The van der Waals surface area contributed by atoms with Crippen LogP contribution in [0.4, 0.5) is 0 Å². The average molecular weight is 319 g/mol. The molecule has 24 heavy (non-hydrogen) atoms. The number of esters is 1. The van der Waals surface area contributed by atoms with Crippen molar-refractivity contribution in [1.29, 1.82) is 5.26 Å². The third kappa shape index (κ3) is 3.31. The van der Waals surface area contributed by atoms with Crippen LogP contribution in [-0.2, 0) is 11.3 Å². The maximum atomic E-state index is 12.0. The number of aryl methyl sites for hydroxylation is 1. The molecule has 0 saturated carbocycles. The number of benzene rings is 2. The molecule has 0 aliphatic heterocycles. The van der Waals surface area contributed by atoms with Gasteiger partial charge in [0.2, 0.25) is 5.82 Å². The quantitative estimate of drug-likeness (QED) is 0.686. The van der Waals surface area contributed by atoms with Gasteiger partial charge in [0, 0.05) is 5.56 Å². The molecule has 3 rings (SSSR count). The Kier molecular flexibility index (Phi) is 4.34. The molecule has 1 aromatic heterocycles. The van der Waals surface area contributed by atoms with Crippen LogP contribution < -0.4 is 0 Å². The van der Waals surface area contributed by atoms with Crippen LogP contribution in [-0.4, -0.2) is 16.1 Å². The fourth-order valence-corrected chi connectivity index (χ4v) is 2.14. The van der Waals surface area contributed by atoms with Crippen molar-refractivity contribution in [2.45, 2.75) is 13.5 Å². The molecule has 0 atom stereocenters. The summed E-state index contributed by atoms with van der Waals surface area (Å²) in [7, 11) is 0. The monoisotopic (exact) mass is 319 g/mol. The molecule has 0 amide bonds. The molecule has 1 heterocycles. The lowest BCUT2D eigenvalue weighted by molar-refractivity contribution is 0.0430. The molecule has 0 aliphatic rings. The molecule has 2 aromatic carbocycles. The smallest absolute Gasteiger partial charge is 0.338 e. The maximum absolute atomic E-state index is 12.0. The number of hydrogen-bond acceptors (Lipinski definition) is 6. The number of ether oxygens (including phenoxy) is 1. The summed E-state index contributed by atoms with van der Waals surface area (Å²) in [4.78, 5) is 16.2. The minimum Gasteiger partial charge on any atom is -0.452 e. The summed E-state index contributed by atoms with van der Waals surface area (Å²) in [6.07, 6.45) is 0. The van der Waals surface area contributed by atoms with Crippen LogP contribution >= 0.6 is 0 Å². The fraction of sp³-hybridized carbons (Fsp3) is 0.111. The molecule has 6 nitrogen and oxygen atoms in total. The first-order chi connectivity index (χ1) is 11.7. The topological polar surface area (TPSA) is 89.0 Å². The number of rotatable bonds is 4. The van der Waals surface area contributed by atoms with E-state index in [1.165, 1.54) is 12.1 Å². The molecule has 0 aliphatic carbocycles. The summed E-state index contributed by atoms with van der Waals surface area (Å²) in [5.74, 6) is 0.155. The van der Waals surface area contributed by atoms with Crippen molar-refractivity contribution in [3.8, 4) is 17.5 Å². The Labute approximate surface area is 138 Å². The molecule has 0 radical (unpaired) electrons. The lowest BCUT2D eigenvalue weighted by atomic mass is 10.1. The lowest BCUT2D eigenvalue weighted by Gasteiger charge is -2.01. The van der Waals surface area contributed by atoms with E-state index in [1.54, 1.807) is 12.1 Å². The van der Waals surface area contributed by atoms with Crippen LogP contribution in [0.15, 0.2) is 53.1 Å². The highest BCUT2D eigenvalue weighted by Gasteiger charge is 2.13. The van der Waals surface area contributed by atoms with E-state index in [-0.39, 0.29) is 12.5 Å². The van der Waals surface area contributed by atoms with Gasteiger partial charge in [0.15, 0.2) is 6.61 Å². The van der Waals surface area contributed by atoms with Gasteiger partial charge in [-0.15, -0.1) is 0 Å². The number of carbonyl (C=O) groups excluding carboxylic acids is 1. The number of carbonyl (C=O) groups is 1. The first-order valence-electron chi connectivity index (χ1n) is 7.23. The van der Waals surface area contributed by atoms with Crippen molar-refractivity contribution in [3.05, 3.63) is 71.1 Å². The second-order valence-corrected chi connectivity index (χ2v) is 5.09. The molecular weight excluding hydrogens is 306 g/mol. The number of aromatic nitrogens is 2. The molecule has 0 bridgehead atoms. The van der Waals surface area contributed by atoms with E-state index in [0.29, 0.717) is 17.0 Å². The Balaban J connectivity index is 1.66. The molecule has 0 unspecified atom stereocenters. The highest BCUT2D eigenvalue weighted by Crippen LogP contribution is 2.20. The molecular formula is C18H13N3O3. The van der Waals surface area contributed by atoms with Gasteiger partial charge in [-0.25, -0.2) is 4.79 Å². The summed E-state index contributed by atoms with van der Waals surface area (Å²) < 4.78 is 10.3. The van der Waals surface area contributed by atoms with Gasteiger partial charge in [0.25, 0.3) is 5.89 Å². The number of nitrogens with zero attached hydrogens (tertiary/aromatic N) is 3. The van der Waals surface area contributed by atoms with E-state index in [9.17, 15) is 4.79 Å². The predicted molar refractivity (Wildman–Crippen MR) is 84.7 cm³/mol. The van der Waals surface area contributed by atoms with Crippen molar-refractivity contribution in [2.75, 3.05) is 0 Å². The minimum atomic E-state index is -0.518. The third-order valence-corrected chi connectivity index (χ3v) is 3.43. The largest absolute Gasteiger partial charge is 0.452 e. The zero-order chi connectivity index (χ0) is 16.9. The summed E-state index contributed by atoms with van der Waals surface area (Å²) >= 11 is 0. The van der Waals surface area contributed by atoms with E-state index in [0.717, 1.165) is 11.1 Å². The van der Waals surface area contributed by atoms with Crippen LogP contribution in [0.3, 0.4) is 0 Å². The van der Waals surface area contributed by atoms with Crippen LogP contribution in [0, 0.1) is 18.3 Å². The van der Waals surface area contributed by atoms with Crippen LogP contribution in [0.5, 0.6) is 0 Å². The Morgan fingerprint density at radius 3 is 2.67 bits per heavy atom. The zero-order valence-electron chi connectivity index (χ0n) is 12.9. The first kappa shape index (κ1) is 15.4. The van der Waals surface area contributed by atoms with Gasteiger partial charge in [-0.2, -0.15) is 10.2 Å². The SMILES string of the molecule is Cc1ccccc1-c1noc(COC(=O)c2ccc(C#N)cc2)n1. The Bertz CT molecular complexity index is 908. The summed E-state index contributed by atoms with van der Waals surface area (Å²) in [6, 6.07) is 15.8. The van der Waals surface area contributed by atoms with Gasteiger partial charge in [-0.3, -0.25) is 0 Å². The average Bonchev–Trinajstić information content (AvgIpc) is 3.09. The van der Waals surface area contributed by atoms with Gasteiger partial charge in [-0.05, 0) is 36.8 Å². The zero-order valence-corrected chi connectivity index (χ0v) is 12.9. The molecule has 0 N–H and O–H groups in total.